The molecule has 0 radical (unpaired) electrons. The van der Waals surface area contributed by atoms with Crippen LogP contribution in [-0.4, -0.2) is 16.9 Å². The van der Waals surface area contributed by atoms with Crippen molar-refractivity contribution < 1.29 is 4.79 Å². The second kappa shape index (κ2) is 6.95. The zero-order valence-electron chi connectivity index (χ0n) is 9.65. The minimum absolute atomic E-state index is 0.0981. The van der Waals surface area contributed by atoms with Gasteiger partial charge in [-0.3, -0.25) is 9.78 Å². The fourth-order valence-corrected chi connectivity index (χ4v) is 1.37. The molecule has 0 spiro atoms. The maximum atomic E-state index is 11.6. The molecule has 3 N–H and O–H groups in total. The first kappa shape index (κ1) is 12.6. The first-order valence-corrected chi connectivity index (χ1v) is 5.67. The van der Waals surface area contributed by atoms with Crippen LogP contribution >= 0.6 is 0 Å². The van der Waals surface area contributed by atoms with Crippen molar-refractivity contribution in [2.75, 3.05) is 0 Å². The molecule has 0 aliphatic heterocycles. The van der Waals surface area contributed by atoms with E-state index in [2.05, 4.69) is 17.2 Å². The summed E-state index contributed by atoms with van der Waals surface area (Å²) in [5.41, 5.74) is 6.58. The normalized spacial score (nSPS) is 12.1. The predicted molar refractivity (Wildman–Crippen MR) is 63.6 cm³/mol. The molecule has 1 rings (SSSR count). The van der Waals surface area contributed by atoms with E-state index in [-0.39, 0.29) is 5.91 Å². The molecule has 1 aromatic rings. The van der Waals surface area contributed by atoms with E-state index in [4.69, 9.17) is 5.73 Å². The van der Waals surface area contributed by atoms with Crippen LogP contribution in [0.5, 0.6) is 0 Å². The van der Waals surface area contributed by atoms with E-state index >= 15 is 0 Å². The third-order valence-electron chi connectivity index (χ3n) is 2.38. The largest absolute Gasteiger partial charge is 0.349 e. The van der Waals surface area contributed by atoms with Crippen LogP contribution in [0.25, 0.3) is 0 Å². The summed E-state index contributed by atoms with van der Waals surface area (Å²) in [6.45, 7) is 2.53. The van der Waals surface area contributed by atoms with Crippen LogP contribution in [-0.2, 0) is 11.3 Å². The van der Waals surface area contributed by atoms with Gasteiger partial charge in [-0.1, -0.05) is 25.8 Å². The topological polar surface area (TPSA) is 68.0 Å². The van der Waals surface area contributed by atoms with E-state index in [0.29, 0.717) is 6.54 Å². The molecular weight excluding hydrogens is 202 g/mol. The number of hydrogen-bond acceptors (Lipinski definition) is 3. The average molecular weight is 221 g/mol. The lowest BCUT2D eigenvalue weighted by Crippen LogP contribution is -2.40. The third-order valence-corrected chi connectivity index (χ3v) is 2.38. The lowest BCUT2D eigenvalue weighted by Gasteiger charge is -2.11. The van der Waals surface area contributed by atoms with Crippen LogP contribution < -0.4 is 11.1 Å². The van der Waals surface area contributed by atoms with E-state index in [1.165, 1.54) is 0 Å². The van der Waals surface area contributed by atoms with Gasteiger partial charge >= 0.3 is 0 Å². The van der Waals surface area contributed by atoms with Gasteiger partial charge in [-0.05, 0) is 18.6 Å². The number of unbranched alkanes of at least 4 members (excludes halogenated alkanes) is 1. The van der Waals surface area contributed by atoms with Crippen molar-refractivity contribution in [2.45, 2.75) is 38.8 Å². The smallest absolute Gasteiger partial charge is 0.237 e. The van der Waals surface area contributed by atoms with Crippen LogP contribution in [0.2, 0.25) is 0 Å². The Morgan fingerprint density at radius 2 is 2.38 bits per heavy atom. The molecule has 0 aliphatic rings. The van der Waals surface area contributed by atoms with E-state index in [1.54, 1.807) is 6.20 Å². The number of amides is 1. The van der Waals surface area contributed by atoms with E-state index in [1.807, 2.05) is 18.2 Å². The minimum Gasteiger partial charge on any atom is -0.349 e. The number of hydrogen-bond donors (Lipinski definition) is 2. The molecule has 88 valence electrons. The second-order valence-corrected chi connectivity index (χ2v) is 3.79. The molecular formula is C12H19N3O. The SMILES string of the molecule is CCCC[C@H](N)C(=O)NCc1ccccn1. The van der Waals surface area contributed by atoms with Crippen molar-refractivity contribution in [3.8, 4) is 0 Å². The quantitative estimate of drug-likeness (QED) is 0.758. The molecule has 1 heterocycles. The summed E-state index contributed by atoms with van der Waals surface area (Å²) in [6.07, 6.45) is 4.49. The van der Waals surface area contributed by atoms with Crippen molar-refractivity contribution in [1.29, 1.82) is 0 Å². The molecule has 0 saturated carbocycles. The van der Waals surface area contributed by atoms with Crippen molar-refractivity contribution in [1.82, 2.24) is 10.3 Å². The van der Waals surface area contributed by atoms with Crippen LogP contribution in [0.3, 0.4) is 0 Å². The Balaban J connectivity index is 2.29. The zero-order valence-corrected chi connectivity index (χ0v) is 9.65. The minimum atomic E-state index is -0.399. The summed E-state index contributed by atoms with van der Waals surface area (Å²) in [7, 11) is 0. The lowest BCUT2D eigenvalue weighted by atomic mass is 10.1. The molecule has 0 saturated heterocycles. The molecule has 1 atom stereocenters. The number of pyridine rings is 1. The fraction of sp³-hybridized carbons (Fsp3) is 0.500. The Labute approximate surface area is 96.3 Å². The van der Waals surface area contributed by atoms with Crippen LogP contribution in [0.1, 0.15) is 31.9 Å². The van der Waals surface area contributed by atoms with Gasteiger partial charge in [0.05, 0.1) is 18.3 Å². The van der Waals surface area contributed by atoms with E-state index < -0.39 is 6.04 Å². The second-order valence-electron chi connectivity index (χ2n) is 3.79. The zero-order chi connectivity index (χ0) is 11.8. The maximum Gasteiger partial charge on any atom is 0.237 e. The highest BCUT2D eigenvalue weighted by molar-refractivity contribution is 5.81. The van der Waals surface area contributed by atoms with Gasteiger partial charge in [0.2, 0.25) is 5.91 Å². The number of nitrogens with two attached hydrogens (primary N) is 1. The van der Waals surface area contributed by atoms with Gasteiger partial charge in [0.25, 0.3) is 0 Å². The van der Waals surface area contributed by atoms with Crippen molar-refractivity contribution in [3.05, 3.63) is 30.1 Å². The summed E-state index contributed by atoms with van der Waals surface area (Å²) >= 11 is 0. The van der Waals surface area contributed by atoms with Crippen molar-refractivity contribution in [2.24, 2.45) is 5.73 Å². The molecule has 1 amide bonds. The highest BCUT2D eigenvalue weighted by Crippen LogP contribution is 1.99. The van der Waals surface area contributed by atoms with E-state index in [9.17, 15) is 4.79 Å². The third kappa shape index (κ3) is 4.40. The molecule has 16 heavy (non-hydrogen) atoms. The van der Waals surface area contributed by atoms with Gasteiger partial charge in [0.1, 0.15) is 0 Å². The van der Waals surface area contributed by atoms with Gasteiger partial charge < -0.3 is 11.1 Å². The highest BCUT2D eigenvalue weighted by Gasteiger charge is 2.11. The van der Waals surface area contributed by atoms with Crippen molar-refractivity contribution in [3.63, 3.8) is 0 Å². The Kier molecular flexibility index (Phi) is 5.50. The Morgan fingerprint density at radius 1 is 1.56 bits per heavy atom. The molecule has 0 unspecified atom stereocenters. The number of nitrogens with zero attached hydrogens (tertiary/aromatic N) is 1. The Bertz CT molecular complexity index is 313. The Hall–Kier alpha value is -1.42. The molecule has 4 nitrogen and oxygen atoms in total. The number of nitrogens with one attached hydrogen (secondary N) is 1. The average Bonchev–Trinajstić information content (AvgIpc) is 2.34. The summed E-state index contributed by atoms with van der Waals surface area (Å²) in [5, 5.41) is 2.78. The van der Waals surface area contributed by atoms with Gasteiger partial charge in [0, 0.05) is 6.20 Å². The van der Waals surface area contributed by atoms with Gasteiger partial charge in [-0.25, -0.2) is 0 Å². The summed E-state index contributed by atoms with van der Waals surface area (Å²) < 4.78 is 0. The molecule has 0 fully saturated rings. The number of carbonyl (C=O) groups excluding carboxylic acids is 1. The lowest BCUT2D eigenvalue weighted by molar-refractivity contribution is -0.122. The van der Waals surface area contributed by atoms with Crippen LogP contribution in [0.4, 0.5) is 0 Å². The summed E-state index contributed by atoms with van der Waals surface area (Å²) in [4.78, 5) is 15.7. The number of carbonyl (C=O) groups is 1. The van der Waals surface area contributed by atoms with Gasteiger partial charge in [0.15, 0.2) is 0 Å². The van der Waals surface area contributed by atoms with Crippen molar-refractivity contribution >= 4 is 5.91 Å². The van der Waals surface area contributed by atoms with E-state index in [0.717, 1.165) is 25.0 Å². The predicted octanol–water partition coefficient (Wildman–Crippen LogP) is 1.22. The summed E-state index contributed by atoms with van der Waals surface area (Å²) in [5.74, 6) is -0.0981. The molecule has 0 aromatic carbocycles. The van der Waals surface area contributed by atoms with Crippen LogP contribution in [0, 0.1) is 0 Å². The van der Waals surface area contributed by atoms with Gasteiger partial charge in [-0.2, -0.15) is 0 Å². The fourth-order valence-electron chi connectivity index (χ4n) is 1.37. The summed E-state index contributed by atoms with van der Waals surface area (Å²) in [6, 6.07) is 5.21. The molecule has 0 aliphatic carbocycles. The molecule has 0 bridgehead atoms. The standard InChI is InChI=1S/C12H19N3O/c1-2-3-7-11(13)12(16)15-9-10-6-4-5-8-14-10/h4-6,8,11H,2-3,7,9,13H2,1H3,(H,15,16)/t11-/m0/s1. The molecule has 4 heteroatoms. The number of aromatic nitrogens is 1. The number of rotatable bonds is 6. The van der Waals surface area contributed by atoms with Crippen LogP contribution in [0.15, 0.2) is 24.4 Å². The first-order valence-electron chi connectivity index (χ1n) is 5.67. The maximum absolute atomic E-state index is 11.6. The Morgan fingerprint density at radius 3 is 3.00 bits per heavy atom. The molecule has 1 aromatic heterocycles. The first-order chi connectivity index (χ1) is 7.74. The highest BCUT2D eigenvalue weighted by atomic mass is 16.2. The monoisotopic (exact) mass is 221 g/mol. The van der Waals surface area contributed by atoms with Gasteiger partial charge in [-0.15, -0.1) is 0 Å².